The van der Waals surface area contributed by atoms with Crippen LogP contribution >= 0.6 is 0 Å². The van der Waals surface area contributed by atoms with Crippen LogP contribution < -0.4 is 4.90 Å². The summed E-state index contributed by atoms with van der Waals surface area (Å²) in [6, 6.07) is 19.3. The van der Waals surface area contributed by atoms with E-state index in [1.807, 2.05) is 48.3 Å². The molecular weight excluding hydrogens is 417 g/mol. The molecule has 0 saturated carbocycles. The van der Waals surface area contributed by atoms with E-state index in [9.17, 15) is 14.0 Å². The fourth-order valence-electron chi connectivity index (χ4n) is 4.91. The summed E-state index contributed by atoms with van der Waals surface area (Å²) < 4.78 is 13.7. The van der Waals surface area contributed by atoms with Crippen LogP contribution in [0, 0.1) is 5.82 Å². The number of nitrogens with zero attached hydrogens (tertiary/aromatic N) is 3. The minimum Gasteiger partial charge on any atom is -0.366 e. The number of piperidine rings is 1. The standard InChI is InChI=1S/C27H26FN3O2/c1-29-16-14-21(15-17-29)30(2)25-24(19-10-12-20(28)13-11-19)26(32)31(27(25)33)23-9-5-7-18-6-3-4-8-22(18)23/h3-13,21H,14-17H2,1-2H3. The van der Waals surface area contributed by atoms with Crippen molar-refractivity contribution in [2.45, 2.75) is 18.9 Å². The maximum Gasteiger partial charge on any atom is 0.282 e. The molecule has 0 N–H and O–H groups in total. The summed E-state index contributed by atoms with van der Waals surface area (Å²) in [5.74, 6) is -1.10. The number of hydrogen-bond donors (Lipinski definition) is 0. The number of hydrogen-bond acceptors (Lipinski definition) is 4. The highest BCUT2D eigenvalue weighted by molar-refractivity contribution is 6.46. The van der Waals surface area contributed by atoms with Crippen LogP contribution in [0.25, 0.3) is 16.3 Å². The topological polar surface area (TPSA) is 43.9 Å². The minimum absolute atomic E-state index is 0.149. The molecule has 168 valence electrons. The molecule has 0 spiro atoms. The maximum atomic E-state index is 13.9. The van der Waals surface area contributed by atoms with Crippen molar-refractivity contribution >= 4 is 33.8 Å². The molecule has 3 aromatic rings. The summed E-state index contributed by atoms with van der Waals surface area (Å²) >= 11 is 0. The zero-order valence-electron chi connectivity index (χ0n) is 18.8. The summed E-state index contributed by atoms with van der Waals surface area (Å²) in [6.45, 7) is 1.87. The van der Waals surface area contributed by atoms with Crippen molar-refractivity contribution in [3.05, 3.63) is 83.8 Å². The third-order valence-corrected chi connectivity index (χ3v) is 6.79. The Morgan fingerprint density at radius 1 is 0.879 bits per heavy atom. The highest BCUT2D eigenvalue weighted by Gasteiger charge is 2.43. The molecule has 3 aromatic carbocycles. The van der Waals surface area contributed by atoms with Gasteiger partial charge in [-0.1, -0.05) is 48.5 Å². The first-order valence-corrected chi connectivity index (χ1v) is 11.2. The first kappa shape index (κ1) is 21.3. The van der Waals surface area contributed by atoms with E-state index in [1.54, 1.807) is 18.2 Å². The second-order valence-electron chi connectivity index (χ2n) is 8.82. The van der Waals surface area contributed by atoms with Crippen molar-refractivity contribution in [1.29, 1.82) is 0 Å². The molecule has 0 aliphatic carbocycles. The SMILES string of the molecule is CN1CCC(N(C)C2=C(c3ccc(F)cc3)C(=O)N(c3cccc4ccccc34)C2=O)CC1. The molecule has 2 heterocycles. The Bertz CT molecular complexity index is 1250. The van der Waals surface area contributed by atoms with Crippen LogP contribution in [0.15, 0.2) is 72.4 Å². The van der Waals surface area contributed by atoms with E-state index in [-0.39, 0.29) is 23.7 Å². The quantitative estimate of drug-likeness (QED) is 0.565. The molecule has 0 atom stereocenters. The first-order valence-electron chi connectivity index (χ1n) is 11.2. The molecule has 5 rings (SSSR count). The normalized spacial score (nSPS) is 18.0. The van der Waals surface area contributed by atoms with Crippen molar-refractivity contribution in [2.75, 3.05) is 32.1 Å². The number of likely N-dealkylation sites (N-methyl/N-ethyl adjacent to an activating group) is 1. The smallest absolute Gasteiger partial charge is 0.282 e. The molecule has 33 heavy (non-hydrogen) atoms. The summed E-state index contributed by atoms with van der Waals surface area (Å²) in [7, 11) is 3.98. The van der Waals surface area contributed by atoms with Gasteiger partial charge in [-0.3, -0.25) is 9.59 Å². The number of anilines is 1. The lowest BCUT2D eigenvalue weighted by molar-refractivity contribution is -0.120. The van der Waals surface area contributed by atoms with Crippen LogP contribution in [0.3, 0.4) is 0 Å². The molecule has 2 aliphatic heterocycles. The molecule has 1 saturated heterocycles. The summed E-state index contributed by atoms with van der Waals surface area (Å²) in [5, 5.41) is 1.79. The monoisotopic (exact) mass is 443 g/mol. The van der Waals surface area contributed by atoms with Crippen molar-refractivity contribution in [3.8, 4) is 0 Å². The van der Waals surface area contributed by atoms with Gasteiger partial charge in [0.2, 0.25) is 0 Å². The second-order valence-corrected chi connectivity index (χ2v) is 8.82. The molecule has 6 heteroatoms. The summed E-state index contributed by atoms with van der Waals surface area (Å²) in [4.78, 5) is 33.2. The highest BCUT2D eigenvalue weighted by atomic mass is 19.1. The van der Waals surface area contributed by atoms with Gasteiger partial charge >= 0.3 is 0 Å². The molecule has 2 amide bonds. The Morgan fingerprint density at radius 3 is 2.27 bits per heavy atom. The van der Waals surface area contributed by atoms with Gasteiger partial charge in [0.15, 0.2) is 0 Å². The average Bonchev–Trinajstić information content (AvgIpc) is 3.09. The predicted molar refractivity (Wildman–Crippen MR) is 128 cm³/mol. The molecule has 0 radical (unpaired) electrons. The van der Waals surface area contributed by atoms with Crippen molar-refractivity contribution in [3.63, 3.8) is 0 Å². The fraction of sp³-hybridized carbons (Fsp3) is 0.259. The van der Waals surface area contributed by atoms with Gasteiger partial charge in [-0.25, -0.2) is 9.29 Å². The minimum atomic E-state index is -0.382. The van der Waals surface area contributed by atoms with Gasteiger partial charge in [-0.05, 0) is 62.1 Å². The van der Waals surface area contributed by atoms with Crippen LogP contribution in [-0.2, 0) is 9.59 Å². The largest absolute Gasteiger partial charge is 0.366 e. The lowest BCUT2D eigenvalue weighted by atomic mass is 10.00. The van der Waals surface area contributed by atoms with E-state index in [1.165, 1.54) is 17.0 Å². The number of imide groups is 1. The van der Waals surface area contributed by atoms with E-state index in [0.29, 0.717) is 22.5 Å². The van der Waals surface area contributed by atoms with E-state index in [0.717, 1.165) is 36.7 Å². The van der Waals surface area contributed by atoms with Crippen LogP contribution in [0.4, 0.5) is 10.1 Å². The van der Waals surface area contributed by atoms with Crippen molar-refractivity contribution < 1.29 is 14.0 Å². The number of carbonyl (C=O) groups excluding carboxylic acids is 2. The number of carbonyl (C=O) groups is 2. The van der Waals surface area contributed by atoms with Gasteiger partial charge in [0.1, 0.15) is 11.5 Å². The summed E-state index contributed by atoms with van der Waals surface area (Å²) in [5.41, 5.74) is 1.82. The van der Waals surface area contributed by atoms with E-state index in [2.05, 4.69) is 11.9 Å². The zero-order valence-corrected chi connectivity index (χ0v) is 18.8. The predicted octanol–water partition coefficient (Wildman–Crippen LogP) is 4.29. The third kappa shape index (κ3) is 3.70. The second kappa shape index (κ2) is 8.45. The highest BCUT2D eigenvalue weighted by Crippen LogP contribution is 2.38. The number of likely N-dealkylation sites (tertiary alicyclic amines) is 1. The molecule has 0 aromatic heterocycles. The molecular formula is C27H26FN3O2. The Hall–Kier alpha value is -3.51. The lowest BCUT2D eigenvalue weighted by Gasteiger charge is -2.36. The number of fused-ring (bicyclic) bond motifs is 1. The third-order valence-electron chi connectivity index (χ3n) is 6.79. The Balaban J connectivity index is 1.63. The Kier molecular flexibility index (Phi) is 5.46. The zero-order chi connectivity index (χ0) is 23.1. The van der Waals surface area contributed by atoms with E-state index >= 15 is 0 Å². The first-order chi connectivity index (χ1) is 16.0. The van der Waals surface area contributed by atoms with Crippen molar-refractivity contribution in [2.24, 2.45) is 0 Å². The molecule has 0 unspecified atom stereocenters. The summed E-state index contributed by atoms with van der Waals surface area (Å²) in [6.07, 6.45) is 1.81. The van der Waals surface area contributed by atoms with Crippen LogP contribution in [0.5, 0.6) is 0 Å². The van der Waals surface area contributed by atoms with Gasteiger partial charge in [-0.15, -0.1) is 0 Å². The van der Waals surface area contributed by atoms with E-state index in [4.69, 9.17) is 0 Å². The van der Waals surface area contributed by atoms with Gasteiger partial charge in [-0.2, -0.15) is 0 Å². The van der Waals surface area contributed by atoms with Crippen LogP contribution in [-0.4, -0.2) is 54.8 Å². The molecule has 2 aliphatic rings. The van der Waals surface area contributed by atoms with Crippen LogP contribution in [0.1, 0.15) is 18.4 Å². The number of amides is 2. The fourth-order valence-corrected chi connectivity index (χ4v) is 4.91. The van der Waals surface area contributed by atoms with E-state index < -0.39 is 0 Å². The molecule has 5 nitrogen and oxygen atoms in total. The lowest BCUT2D eigenvalue weighted by Crippen LogP contribution is -2.43. The van der Waals surface area contributed by atoms with Gasteiger partial charge < -0.3 is 9.80 Å². The van der Waals surface area contributed by atoms with Gasteiger partial charge in [0.25, 0.3) is 11.8 Å². The average molecular weight is 444 g/mol. The molecule has 1 fully saturated rings. The Labute approximate surface area is 192 Å². The van der Waals surface area contributed by atoms with Crippen LogP contribution in [0.2, 0.25) is 0 Å². The molecule has 0 bridgehead atoms. The Morgan fingerprint density at radius 2 is 1.55 bits per heavy atom. The van der Waals surface area contributed by atoms with Gasteiger partial charge in [0.05, 0.1) is 11.3 Å². The number of rotatable bonds is 4. The number of halogens is 1. The maximum absolute atomic E-state index is 13.9. The van der Waals surface area contributed by atoms with Gasteiger partial charge in [0, 0.05) is 18.5 Å². The van der Waals surface area contributed by atoms with Crippen molar-refractivity contribution in [1.82, 2.24) is 9.80 Å². The number of benzene rings is 3.